The Bertz CT molecular complexity index is 616. The Hall–Kier alpha value is -1.07. The molecule has 0 radical (unpaired) electrons. The Morgan fingerprint density at radius 2 is 2.21 bits per heavy atom. The second-order valence-corrected chi connectivity index (χ2v) is 6.26. The van der Waals surface area contributed by atoms with Crippen LogP contribution in [0.5, 0.6) is 0 Å². The molecule has 1 N–H and O–H groups in total. The molecule has 0 saturated carbocycles. The van der Waals surface area contributed by atoms with Gasteiger partial charge in [-0.05, 0) is 19.1 Å². The van der Waals surface area contributed by atoms with Gasteiger partial charge in [-0.3, -0.25) is 0 Å². The van der Waals surface area contributed by atoms with Crippen molar-refractivity contribution in [2.75, 3.05) is 11.9 Å². The molecule has 98 valence electrons. The molecule has 0 unspecified atom stereocenters. The van der Waals surface area contributed by atoms with Crippen LogP contribution in [-0.4, -0.2) is 16.5 Å². The molecule has 2 heterocycles. The zero-order valence-corrected chi connectivity index (χ0v) is 13.0. The van der Waals surface area contributed by atoms with E-state index in [1.54, 1.807) is 0 Å². The van der Waals surface area contributed by atoms with Gasteiger partial charge < -0.3 is 5.32 Å². The van der Waals surface area contributed by atoms with Gasteiger partial charge in [-0.1, -0.05) is 28.1 Å². The van der Waals surface area contributed by atoms with Crippen molar-refractivity contribution >= 4 is 33.5 Å². The number of thioether (sulfide) groups is 1. The van der Waals surface area contributed by atoms with Crippen LogP contribution >= 0.6 is 27.7 Å². The molecular formula is C14H14BrN3S. The fraction of sp³-hybridized carbons (Fsp3) is 0.286. The molecule has 0 fully saturated rings. The summed E-state index contributed by atoms with van der Waals surface area (Å²) >= 11 is 5.39. The van der Waals surface area contributed by atoms with E-state index in [4.69, 9.17) is 4.98 Å². The van der Waals surface area contributed by atoms with E-state index in [9.17, 15) is 0 Å². The summed E-state index contributed by atoms with van der Waals surface area (Å²) in [6.07, 6.45) is 0. The van der Waals surface area contributed by atoms with Gasteiger partial charge in [0.2, 0.25) is 0 Å². The topological polar surface area (TPSA) is 37.8 Å². The number of fused-ring (bicyclic) bond motifs is 1. The van der Waals surface area contributed by atoms with Crippen molar-refractivity contribution in [1.29, 1.82) is 0 Å². The normalized spacial score (nSPS) is 13.4. The molecule has 5 heteroatoms. The average Bonchev–Trinajstić information content (AvgIpc) is 2.87. The third-order valence-corrected chi connectivity index (χ3v) is 4.47. The van der Waals surface area contributed by atoms with E-state index < -0.39 is 0 Å². The molecule has 2 aromatic rings. The summed E-state index contributed by atoms with van der Waals surface area (Å²) in [5.41, 5.74) is 3.49. The predicted molar refractivity (Wildman–Crippen MR) is 84.3 cm³/mol. The van der Waals surface area contributed by atoms with E-state index in [1.165, 1.54) is 11.3 Å². The smallest absolute Gasteiger partial charge is 0.161 e. The first kappa shape index (κ1) is 12.9. The van der Waals surface area contributed by atoms with E-state index >= 15 is 0 Å². The first-order valence-corrected chi connectivity index (χ1v) is 8.20. The molecule has 1 aliphatic rings. The highest BCUT2D eigenvalue weighted by molar-refractivity contribution is 9.10. The van der Waals surface area contributed by atoms with Crippen molar-refractivity contribution in [3.8, 4) is 11.4 Å². The van der Waals surface area contributed by atoms with Crippen LogP contribution in [0.25, 0.3) is 11.4 Å². The maximum absolute atomic E-state index is 4.71. The highest BCUT2D eigenvalue weighted by Gasteiger charge is 2.19. The largest absolute Gasteiger partial charge is 0.370 e. The van der Waals surface area contributed by atoms with Gasteiger partial charge in [0.05, 0.1) is 5.69 Å². The van der Waals surface area contributed by atoms with Crippen LogP contribution in [0.2, 0.25) is 0 Å². The van der Waals surface area contributed by atoms with Crippen LogP contribution in [-0.2, 0) is 11.5 Å². The Kier molecular flexibility index (Phi) is 3.75. The number of anilines is 1. The summed E-state index contributed by atoms with van der Waals surface area (Å²) in [5, 5.41) is 3.36. The molecule has 0 atom stereocenters. The lowest BCUT2D eigenvalue weighted by atomic mass is 10.2. The minimum atomic E-state index is 0.804. The summed E-state index contributed by atoms with van der Waals surface area (Å²) in [6.45, 7) is 2.97. The lowest BCUT2D eigenvalue weighted by Crippen LogP contribution is -2.06. The third kappa shape index (κ3) is 2.62. The summed E-state index contributed by atoms with van der Waals surface area (Å²) in [4.78, 5) is 9.40. The van der Waals surface area contributed by atoms with Crippen molar-refractivity contribution in [2.24, 2.45) is 0 Å². The number of nitrogens with zero attached hydrogens (tertiary/aromatic N) is 2. The highest BCUT2D eigenvalue weighted by Crippen LogP contribution is 2.34. The van der Waals surface area contributed by atoms with Crippen LogP contribution in [0, 0.1) is 0 Å². The van der Waals surface area contributed by atoms with E-state index in [0.29, 0.717) is 0 Å². The molecule has 0 bridgehead atoms. The molecule has 0 aliphatic carbocycles. The van der Waals surface area contributed by atoms with Crippen molar-refractivity contribution < 1.29 is 0 Å². The van der Waals surface area contributed by atoms with Gasteiger partial charge in [-0.25, -0.2) is 9.97 Å². The third-order valence-electron chi connectivity index (χ3n) is 3.00. The van der Waals surface area contributed by atoms with Crippen LogP contribution in [0.15, 0.2) is 28.7 Å². The van der Waals surface area contributed by atoms with Gasteiger partial charge in [0, 0.05) is 33.7 Å². The average molecular weight is 336 g/mol. The van der Waals surface area contributed by atoms with E-state index in [1.807, 2.05) is 30.0 Å². The maximum Gasteiger partial charge on any atom is 0.161 e. The van der Waals surface area contributed by atoms with Crippen molar-refractivity contribution in [3.63, 3.8) is 0 Å². The predicted octanol–water partition coefficient (Wildman–Crippen LogP) is 4.08. The Balaban J connectivity index is 2.10. The number of aromatic nitrogens is 2. The Morgan fingerprint density at radius 1 is 1.32 bits per heavy atom. The van der Waals surface area contributed by atoms with Crippen molar-refractivity contribution in [2.45, 2.75) is 18.4 Å². The number of benzene rings is 1. The zero-order chi connectivity index (χ0) is 13.2. The summed E-state index contributed by atoms with van der Waals surface area (Å²) in [7, 11) is 0. The SMILES string of the molecule is CCNc1nc(-c2cccc(Br)c2)nc2c1CSC2. The van der Waals surface area contributed by atoms with E-state index in [-0.39, 0.29) is 0 Å². The van der Waals surface area contributed by atoms with Crippen LogP contribution in [0.4, 0.5) is 5.82 Å². The summed E-state index contributed by atoms with van der Waals surface area (Å²) in [5.74, 6) is 3.79. The monoisotopic (exact) mass is 335 g/mol. The number of nitrogens with one attached hydrogen (secondary N) is 1. The molecule has 1 aromatic carbocycles. The first-order valence-electron chi connectivity index (χ1n) is 6.25. The summed E-state index contributed by atoms with van der Waals surface area (Å²) in [6, 6.07) is 8.12. The Labute approximate surface area is 125 Å². The fourth-order valence-corrected chi connectivity index (χ4v) is 3.56. The van der Waals surface area contributed by atoms with E-state index in [2.05, 4.69) is 39.2 Å². The second-order valence-electron chi connectivity index (χ2n) is 4.35. The van der Waals surface area contributed by atoms with Crippen LogP contribution < -0.4 is 5.32 Å². The Morgan fingerprint density at radius 3 is 3.00 bits per heavy atom. The van der Waals surface area contributed by atoms with Gasteiger partial charge in [0.15, 0.2) is 5.82 Å². The van der Waals surface area contributed by atoms with Crippen molar-refractivity contribution in [1.82, 2.24) is 9.97 Å². The number of halogens is 1. The molecule has 3 nitrogen and oxygen atoms in total. The van der Waals surface area contributed by atoms with E-state index in [0.717, 1.165) is 39.7 Å². The number of rotatable bonds is 3. The highest BCUT2D eigenvalue weighted by atomic mass is 79.9. The minimum absolute atomic E-state index is 0.804. The number of hydrogen-bond donors (Lipinski definition) is 1. The molecule has 0 amide bonds. The second kappa shape index (κ2) is 5.51. The maximum atomic E-state index is 4.71. The van der Waals surface area contributed by atoms with Crippen LogP contribution in [0.3, 0.4) is 0 Å². The van der Waals surface area contributed by atoms with Gasteiger partial charge in [-0.15, -0.1) is 0 Å². The van der Waals surface area contributed by atoms with Crippen molar-refractivity contribution in [3.05, 3.63) is 40.0 Å². The lowest BCUT2D eigenvalue weighted by Gasteiger charge is -2.10. The lowest BCUT2D eigenvalue weighted by molar-refractivity contribution is 1.05. The minimum Gasteiger partial charge on any atom is -0.370 e. The molecule has 3 rings (SSSR count). The zero-order valence-electron chi connectivity index (χ0n) is 10.6. The number of hydrogen-bond acceptors (Lipinski definition) is 4. The molecule has 19 heavy (non-hydrogen) atoms. The molecule has 0 saturated heterocycles. The fourth-order valence-electron chi connectivity index (χ4n) is 2.12. The van der Waals surface area contributed by atoms with Gasteiger partial charge in [0.1, 0.15) is 5.82 Å². The summed E-state index contributed by atoms with van der Waals surface area (Å²) < 4.78 is 1.05. The first-order chi connectivity index (χ1) is 9.28. The van der Waals surface area contributed by atoms with Crippen LogP contribution in [0.1, 0.15) is 18.2 Å². The molecular weight excluding hydrogens is 322 g/mol. The van der Waals surface area contributed by atoms with Gasteiger partial charge in [0.25, 0.3) is 0 Å². The quantitative estimate of drug-likeness (QED) is 0.916. The van der Waals surface area contributed by atoms with Gasteiger partial charge in [-0.2, -0.15) is 11.8 Å². The molecule has 1 aromatic heterocycles. The van der Waals surface area contributed by atoms with Gasteiger partial charge >= 0.3 is 0 Å². The molecule has 0 spiro atoms. The standard InChI is InChI=1S/C14H14BrN3S/c1-2-16-14-11-7-19-8-12(11)17-13(18-14)9-4-3-5-10(15)6-9/h3-6H,2,7-8H2,1H3,(H,16,17,18). The molecule has 1 aliphatic heterocycles.